The van der Waals surface area contributed by atoms with E-state index in [2.05, 4.69) is 5.32 Å². The van der Waals surface area contributed by atoms with Gasteiger partial charge in [-0.2, -0.15) is 0 Å². The van der Waals surface area contributed by atoms with Gasteiger partial charge in [-0.15, -0.1) is 0 Å². The van der Waals surface area contributed by atoms with E-state index in [1.807, 2.05) is 110 Å². The summed E-state index contributed by atoms with van der Waals surface area (Å²) in [7, 11) is 0. The van der Waals surface area contributed by atoms with E-state index in [-0.39, 0.29) is 24.3 Å². The van der Waals surface area contributed by atoms with Crippen LogP contribution in [0.25, 0.3) is 16.9 Å². The van der Waals surface area contributed by atoms with E-state index >= 15 is 0 Å². The van der Waals surface area contributed by atoms with Crippen LogP contribution in [0.4, 0.5) is 5.95 Å². The zero-order valence-corrected chi connectivity index (χ0v) is 22.1. The first-order chi connectivity index (χ1) is 17.8. The molecule has 0 saturated heterocycles. The van der Waals surface area contributed by atoms with E-state index in [0.29, 0.717) is 29.6 Å². The van der Waals surface area contributed by atoms with Crippen molar-refractivity contribution in [3.8, 4) is 16.9 Å². The van der Waals surface area contributed by atoms with Gasteiger partial charge in [-0.25, -0.2) is 4.98 Å². The summed E-state index contributed by atoms with van der Waals surface area (Å²) in [5.41, 5.74) is 4.55. The van der Waals surface area contributed by atoms with Crippen molar-refractivity contribution in [2.24, 2.45) is 5.92 Å². The Balaban J connectivity index is 1.60. The zero-order chi connectivity index (χ0) is 26.4. The molecule has 0 spiro atoms. The van der Waals surface area contributed by atoms with E-state index in [4.69, 9.17) is 16.6 Å². The minimum Gasteiger partial charge on any atom is -0.329 e. The predicted molar refractivity (Wildman–Crippen MR) is 149 cm³/mol. The third-order valence-corrected chi connectivity index (χ3v) is 6.15. The molecule has 0 aliphatic heterocycles. The number of amides is 2. The fraction of sp³-hybridized carbons (Fsp3) is 0.233. The molecule has 0 saturated carbocycles. The highest BCUT2D eigenvalue weighted by molar-refractivity contribution is 6.30. The molecule has 37 heavy (non-hydrogen) atoms. The largest absolute Gasteiger partial charge is 0.329 e. The molecule has 4 aromatic rings. The van der Waals surface area contributed by atoms with Crippen molar-refractivity contribution in [3.63, 3.8) is 0 Å². The third-order valence-electron chi connectivity index (χ3n) is 5.90. The summed E-state index contributed by atoms with van der Waals surface area (Å²) in [5, 5.41) is 3.58. The van der Waals surface area contributed by atoms with Crippen LogP contribution < -0.4 is 5.32 Å². The third kappa shape index (κ3) is 7.08. The van der Waals surface area contributed by atoms with Crippen LogP contribution in [0.5, 0.6) is 0 Å². The molecule has 3 aromatic carbocycles. The van der Waals surface area contributed by atoms with Crippen LogP contribution in [0.2, 0.25) is 5.02 Å². The number of halogens is 1. The standard InChI is InChI=1S/C30H31ClN4O2/c1-21(2)17-29(37)34(18-23-7-5-4-6-8-23)20-28(36)33-30-32-27(24-11-13-25(31)14-12-24)19-35(30)26-15-9-22(3)10-16-26/h4-16,19,21H,17-18,20H2,1-3H3,(H,32,33,36). The molecule has 0 unspecified atom stereocenters. The first-order valence-corrected chi connectivity index (χ1v) is 12.7. The zero-order valence-electron chi connectivity index (χ0n) is 21.3. The Bertz CT molecular complexity index is 1350. The van der Waals surface area contributed by atoms with Crippen molar-refractivity contribution in [2.75, 3.05) is 11.9 Å². The lowest BCUT2D eigenvalue weighted by molar-refractivity contribution is -0.136. The van der Waals surface area contributed by atoms with Crippen LogP contribution in [0.1, 0.15) is 31.4 Å². The SMILES string of the molecule is Cc1ccc(-n2cc(-c3ccc(Cl)cc3)nc2NC(=O)CN(Cc2ccccc2)C(=O)CC(C)C)cc1. The topological polar surface area (TPSA) is 67.2 Å². The molecule has 6 nitrogen and oxygen atoms in total. The number of imidazole rings is 1. The van der Waals surface area contributed by atoms with Crippen molar-refractivity contribution in [1.82, 2.24) is 14.5 Å². The molecule has 0 fully saturated rings. The van der Waals surface area contributed by atoms with Gasteiger partial charge < -0.3 is 4.90 Å². The van der Waals surface area contributed by atoms with Crippen LogP contribution in [0.15, 0.2) is 85.1 Å². The molecule has 0 aliphatic rings. The molecule has 0 atom stereocenters. The fourth-order valence-electron chi connectivity index (χ4n) is 3.98. The maximum atomic E-state index is 13.3. The molecule has 4 rings (SSSR count). The number of nitrogens with one attached hydrogen (secondary N) is 1. The first-order valence-electron chi connectivity index (χ1n) is 12.3. The predicted octanol–water partition coefficient (Wildman–Crippen LogP) is 6.51. The van der Waals surface area contributed by atoms with Gasteiger partial charge in [0.25, 0.3) is 0 Å². The molecule has 0 aliphatic carbocycles. The number of hydrogen-bond acceptors (Lipinski definition) is 3. The van der Waals surface area contributed by atoms with Crippen LogP contribution in [0.3, 0.4) is 0 Å². The van der Waals surface area contributed by atoms with Crippen molar-refractivity contribution in [3.05, 3.63) is 101 Å². The first kappa shape index (κ1) is 26.2. The lowest BCUT2D eigenvalue weighted by Gasteiger charge is -2.23. The average Bonchev–Trinajstić information content (AvgIpc) is 3.28. The van der Waals surface area contributed by atoms with Crippen molar-refractivity contribution in [1.29, 1.82) is 0 Å². The maximum absolute atomic E-state index is 13.3. The summed E-state index contributed by atoms with van der Waals surface area (Å²) in [6, 6.07) is 25.1. The van der Waals surface area contributed by atoms with Gasteiger partial charge in [-0.3, -0.25) is 19.5 Å². The number of carbonyl (C=O) groups excluding carboxylic acids is 2. The Labute approximate surface area is 222 Å². The summed E-state index contributed by atoms with van der Waals surface area (Å²) in [6.07, 6.45) is 2.26. The molecule has 190 valence electrons. The van der Waals surface area contributed by atoms with Gasteiger partial charge in [0.1, 0.15) is 6.54 Å². The second-order valence-electron chi connectivity index (χ2n) is 9.54. The Kier molecular flexibility index (Phi) is 8.41. The lowest BCUT2D eigenvalue weighted by Crippen LogP contribution is -2.38. The average molecular weight is 515 g/mol. The number of aryl methyl sites for hydroxylation is 1. The summed E-state index contributed by atoms with van der Waals surface area (Å²) in [6.45, 7) is 6.30. The van der Waals surface area contributed by atoms with Gasteiger partial charge >= 0.3 is 0 Å². The monoisotopic (exact) mass is 514 g/mol. The van der Waals surface area contributed by atoms with Crippen molar-refractivity contribution < 1.29 is 9.59 Å². The molecule has 2 amide bonds. The molecular formula is C30H31ClN4O2. The van der Waals surface area contributed by atoms with Crippen molar-refractivity contribution >= 4 is 29.4 Å². The number of carbonyl (C=O) groups is 2. The fourth-order valence-corrected chi connectivity index (χ4v) is 4.11. The minimum atomic E-state index is -0.311. The van der Waals surface area contributed by atoms with Gasteiger partial charge in [0, 0.05) is 35.4 Å². The molecule has 0 radical (unpaired) electrons. The van der Waals surface area contributed by atoms with E-state index in [1.54, 1.807) is 4.90 Å². The number of nitrogens with zero attached hydrogens (tertiary/aromatic N) is 3. The lowest BCUT2D eigenvalue weighted by atomic mass is 10.1. The minimum absolute atomic E-state index is 0.0577. The molecule has 0 bridgehead atoms. The Morgan fingerprint density at radius 3 is 2.30 bits per heavy atom. The molecule has 1 N–H and O–H groups in total. The normalized spacial score (nSPS) is 10.9. The number of benzene rings is 3. The number of aromatic nitrogens is 2. The number of hydrogen-bond donors (Lipinski definition) is 1. The van der Waals surface area contributed by atoms with Crippen LogP contribution in [0, 0.1) is 12.8 Å². The summed E-state index contributed by atoms with van der Waals surface area (Å²) < 4.78 is 1.85. The summed E-state index contributed by atoms with van der Waals surface area (Å²) in [5.74, 6) is 0.207. The quantitative estimate of drug-likeness (QED) is 0.276. The summed E-state index contributed by atoms with van der Waals surface area (Å²) in [4.78, 5) is 32.6. The highest BCUT2D eigenvalue weighted by Gasteiger charge is 2.21. The second kappa shape index (κ2) is 11.9. The van der Waals surface area contributed by atoms with E-state index in [1.165, 1.54) is 0 Å². The molecule has 7 heteroatoms. The van der Waals surface area contributed by atoms with Gasteiger partial charge in [-0.1, -0.05) is 85.6 Å². The second-order valence-corrected chi connectivity index (χ2v) is 9.98. The van der Waals surface area contributed by atoms with Crippen LogP contribution in [-0.2, 0) is 16.1 Å². The molecule has 1 aromatic heterocycles. The van der Waals surface area contributed by atoms with Gasteiger partial charge in [0.05, 0.1) is 5.69 Å². The Morgan fingerprint density at radius 2 is 1.65 bits per heavy atom. The highest BCUT2D eigenvalue weighted by Crippen LogP contribution is 2.26. The van der Waals surface area contributed by atoms with E-state index < -0.39 is 0 Å². The Hall–Kier alpha value is -3.90. The van der Waals surface area contributed by atoms with E-state index in [9.17, 15) is 9.59 Å². The van der Waals surface area contributed by atoms with Gasteiger partial charge in [-0.05, 0) is 42.7 Å². The van der Waals surface area contributed by atoms with E-state index in [0.717, 1.165) is 22.4 Å². The van der Waals surface area contributed by atoms with Crippen molar-refractivity contribution in [2.45, 2.75) is 33.7 Å². The maximum Gasteiger partial charge on any atom is 0.246 e. The number of rotatable bonds is 9. The van der Waals surface area contributed by atoms with Gasteiger partial charge in [0.2, 0.25) is 17.8 Å². The van der Waals surface area contributed by atoms with Crippen LogP contribution in [-0.4, -0.2) is 32.8 Å². The smallest absolute Gasteiger partial charge is 0.246 e. The van der Waals surface area contributed by atoms with Gasteiger partial charge in [0.15, 0.2) is 0 Å². The molecule has 1 heterocycles. The highest BCUT2D eigenvalue weighted by atomic mass is 35.5. The summed E-state index contributed by atoms with van der Waals surface area (Å²) >= 11 is 6.06. The number of anilines is 1. The molecular weight excluding hydrogens is 484 g/mol. The van der Waals surface area contributed by atoms with Crippen LogP contribution >= 0.6 is 11.6 Å². The Morgan fingerprint density at radius 1 is 0.973 bits per heavy atom.